The topological polar surface area (TPSA) is 25.8 Å². The Morgan fingerprint density at radius 2 is 1.43 bits per heavy atom. The molecule has 23 heavy (non-hydrogen) atoms. The highest BCUT2D eigenvalue weighted by molar-refractivity contribution is 5.64. The van der Waals surface area contributed by atoms with Crippen molar-refractivity contribution in [3.63, 3.8) is 0 Å². The summed E-state index contributed by atoms with van der Waals surface area (Å²) >= 11 is 0. The van der Waals surface area contributed by atoms with Gasteiger partial charge in [0, 0.05) is 23.5 Å². The SMILES string of the molecule is CCCc1ccc(-c2cnc(-c3ccc(F)c(F)c3)nc2)cc1. The number of benzene rings is 2. The van der Waals surface area contributed by atoms with Crippen LogP contribution in [-0.4, -0.2) is 9.97 Å². The van der Waals surface area contributed by atoms with Gasteiger partial charge in [-0.1, -0.05) is 37.6 Å². The first-order valence-corrected chi connectivity index (χ1v) is 7.54. The van der Waals surface area contributed by atoms with E-state index >= 15 is 0 Å². The Morgan fingerprint density at radius 1 is 0.783 bits per heavy atom. The zero-order valence-electron chi connectivity index (χ0n) is 12.8. The van der Waals surface area contributed by atoms with Gasteiger partial charge in [0.2, 0.25) is 0 Å². The van der Waals surface area contributed by atoms with E-state index in [-0.39, 0.29) is 0 Å². The second-order valence-corrected chi connectivity index (χ2v) is 5.37. The van der Waals surface area contributed by atoms with E-state index in [9.17, 15) is 8.78 Å². The molecule has 3 aromatic rings. The summed E-state index contributed by atoms with van der Waals surface area (Å²) < 4.78 is 26.3. The van der Waals surface area contributed by atoms with E-state index in [2.05, 4.69) is 29.0 Å². The van der Waals surface area contributed by atoms with Gasteiger partial charge in [-0.15, -0.1) is 0 Å². The van der Waals surface area contributed by atoms with Crippen LogP contribution in [0.2, 0.25) is 0 Å². The fourth-order valence-electron chi connectivity index (χ4n) is 2.41. The average molecular weight is 310 g/mol. The van der Waals surface area contributed by atoms with Gasteiger partial charge < -0.3 is 0 Å². The number of hydrogen-bond donors (Lipinski definition) is 0. The molecule has 0 N–H and O–H groups in total. The maximum Gasteiger partial charge on any atom is 0.159 e. The number of nitrogens with zero attached hydrogens (tertiary/aromatic N) is 2. The van der Waals surface area contributed by atoms with Crippen LogP contribution in [0.4, 0.5) is 8.78 Å². The molecule has 0 radical (unpaired) electrons. The van der Waals surface area contributed by atoms with E-state index in [1.807, 2.05) is 12.1 Å². The summed E-state index contributed by atoms with van der Waals surface area (Å²) in [6.07, 6.45) is 5.56. The smallest absolute Gasteiger partial charge is 0.159 e. The Morgan fingerprint density at radius 3 is 2.04 bits per heavy atom. The van der Waals surface area contributed by atoms with Crippen LogP contribution >= 0.6 is 0 Å². The maximum atomic E-state index is 13.3. The number of rotatable bonds is 4. The predicted molar refractivity (Wildman–Crippen MR) is 86.8 cm³/mol. The highest BCUT2D eigenvalue weighted by atomic mass is 19.2. The molecule has 0 aliphatic rings. The first kappa shape index (κ1) is 15.3. The predicted octanol–water partition coefficient (Wildman–Crippen LogP) is 5.04. The van der Waals surface area contributed by atoms with Gasteiger partial charge in [0.25, 0.3) is 0 Å². The molecular weight excluding hydrogens is 294 g/mol. The third kappa shape index (κ3) is 3.42. The molecule has 0 unspecified atom stereocenters. The summed E-state index contributed by atoms with van der Waals surface area (Å²) in [5, 5.41) is 0. The van der Waals surface area contributed by atoms with Crippen LogP contribution in [0, 0.1) is 11.6 Å². The molecule has 116 valence electrons. The van der Waals surface area contributed by atoms with E-state index in [0.717, 1.165) is 36.1 Å². The Kier molecular flexibility index (Phi) is 4.42. The highest BCUT2D eigenvalue weighted by Crippen LogP contribution is 2.22. The summed E-state index contributed by atoms with van der Waals surface area (Å²) in [7, 11) is 0. The fourth-order valence-corrected chi connectivity index (χ4v) is 2.41. The molecule has 3 rings (SSSR count). The summed E-state index contributed by atoms with van der Waals surface area (Å²) in [5.41, 5.74) is 3.67. The van der Waals surface area contributed by atoms with Crippen molar-refractivity contribution in [2.24, 2.45) is 0 Å². The van der Waals surface area contributed by atoms with Crippen molar-refractivity contribution in [3.8, 4) is 22.5 Å². The van der Waals surface area contributed by atoms with Crippen LogP contribution in [0.25, 0.3) is 22.5 Å². The zero-order valence-corrected chi connectivity index (χ0v) is 12.8. The number of hydrogen-bond acceptors (Lipinski definition) is 2. The van der Waals surface area contributed by atoms with Crippen LogP contribution in [0.5, 0.6) is 0 Å². The standard InChI is InChI=1S/C19H16F2N2/c1-2-3-13-4-6-14(7-5-13)16-11-22-19(23-12-16)15-8-9-17(20)18(21)10-15/h4-12H,2-3H2,1H3. The van der Waals surface area contributed by atoms with Gasteiger partial charge in [0.1, 0.15) is 0 Å². The van der Waals surface area contributed by atoms with Gasteiger partial charge in [0.05, 0.1) is 0 Å². The van der Waals surface area contributed by atoms with Crippen molar-refractivity contribution >= 4 is 0 Å². The summed E-state index contributed by atoms with van der Waals surface area (Å²) in [4.78, 5) is 8.51. The maximum absolute atomic E-state index is 13.3. The van der Waals surface area contributed by atoms with Crippen molar-refractivity contribution < 1.29 is 8.78 Å². The van der Waals surface area contributed by atoms with E-state index in [0.29, 0.717) is 11.4 Å². The largest absolute Gasteiger partial charge is 0.236 e. The molecule has 0 saturated carbocycles. The number of aromatic nitrogens is 2. The van der Waals surface area contributed by atoms with E-state index in [1.54, 1.807) is 12.4 Å². The van der Waals surface area contributed by atoms with Crippen molar-refractivity contribution in [2.45, 2.75) is 19.8 Å². The van der Waals surface area contributed by atoms with Gasteiger partial charge in [-0.25, -0.2) is 18.7 Å². The lowest BCUT2D eigenvalue weighted by molar-refractivity contribution is 0.509. The van der Waals surface area contributed by atoms with Crippen LogP contribution in [0.15, 0.2) is 54.9 Å². The first-order chi connectivity index (χ1) is 11.2. The molecule has 0 saturated heterocycles. The van der Waals surface area contributed by atoms with Crippen molar-refractivity contribution in [1.29, 1.82) is 0 Å². The normalized spacial score (nSPS) is 10.7. The lowest BCUT2D eigenvalue weighted by atomic mass is 10.0. The summed E-state index contributed by atoms with van der Waals surface area (Å²) in [6, 6.07) is 11.9. The lowest BCUT2D eigenvalue weighted by Gasteiger charge is -2.05. The van der Waals surface area contributed by atoms with E-state index < -0.39 is 11.6 Å². The lowest BCUT2D eigenvalue weighted by Crippen LogP contribution is -1.92. The monoisotopic (exact) mass is 310 g/mol. The van der Waals surface area contributed by atoms with Crippen molar-refractivity contribution in [3.05, 3.63) is 72.1 Å². The Bertz CT molecular complexity index is 797. The third-order valence-corrected chi connectivity index (χ3v) is 3.66. The molecular formula is C19H16F2N2. The molecule has 2 aromatic carbocycles. The van der Waals surface area contributed by atoms with Crippen LogP contribution < -0.4 is 0 Å². The molecule has 2 nitrogen and oxygen atoms in total. The second kappa shape index (κ2) is 6.65. The number of aryl methyl sites for hydroxylation is 1. The van der Waals surface area contributed by atoms with Gasteiger partial charge in [0.15, 0.2) is 17.5 Å². The molecule has 0 spiro atoms. The van der Waals surface area contributed by atoms with Crippen LogP contribution in [0.1, 0.15) is 18.9 Å². The second-order valence-electron chi connectivity index (χ2n) is 5.37. The third-order valence-electron chi connectivity index (χ3n) is 3.66. The molecule has 0 aliphatic carbocycles. The zero-order chi connectivity index (χ0) is 16.2. The molecule has 1 aromatic heterocycles. The quantitative estimate of drug-likeness (QED) is 0.674. The minimum atomic E-state index is -0.901. The summed E-state index contributed by atoms with van der Waals surface area (Å²) in [5.74, 6) is -1.41. The van der Waals surface area contributed by atoms with Gasteiger partial charge >= 0.3 is 0 Å². The molecule has 0 fully saturated rings. The molecule has 1 heterocycles. The fraction of sp³-hybridized carbons (Fsp3) is 0.158. The van der Waals surface area contributed by atoms with Gasteiger partial charge in [-0.3, -0.25) is 0 Å². The Labute approximate surface area is 133 Å². The van der Waals surface area contributed by atoms with Gasteiger partial charge in [-0.2, -0.15) is 0 Å². The van der Waals surface area contributed by atoms with Crippen LogP contribution in [-0.2, 0) is 6.42 Å². The number of halogens is 2. The van der Waals surface area contributed by atoms with E-state index in [1.165, 1.54) is 11.6 Å². The average Bonchev–Trinajstić information content (AvgIpc) is 2.59. The molecule has 0 atom stereocenters. The molecule has 4 heteroatoms. The summed E-state index contributed by atoms with van der Waals surface area (Å²) in [6.45, 7) is 2.15. The van der Waals surface area contributed by atoms with Crippen molar-refractivity contribution in [2.75, 3.05) is 0 Å². The van der Waals surface area contributed by atoms with Crippen LogP contribution in [0.3, 0.4) is 0 Å². The van der Waals surface area contributed by atoms with E-state index in [4.69, 9.17) is 0 Å². The molecule has 0 aliphatic heterocycles. The Hall–Kier alpha value is -2.62. The minimum Gasteiger partial charge on any atom is -0.236 e. The van der Waals surface area contributed by atoms with Crippen molar-refractivity contribution in [1.82, 2.24) is 9.97 Å². The van der Waals surface area contributed by atoms with Gasteiger partial charge in [-0.05, 0) is 35.7 Å². The first-order valence-electron chi connectivity index (χ1n) is 7.54. The molecule has 0 amide bonds. The Balaban J connectivity index is 1.85. The highest BCUT2D eigenvalue weighted by Gasteiger charge is 2.07. The minimum absolute atomic E-state index is 0.371. The molecule has 0 bridgehead atoms.